The zero-order chi connectivity index (χ0) is 12.1. The van der Waals surface area contributed by atoms with E-state index in [0.29, 0.717) is 6.42 Å². The van der Waals surface area contributed by atoms with Crippen molar-refractivity contribution in [2.24, 2.45) is 5.92 Å². The molecule has 0 saturated heterocycles. The van der Waals surface area contributed by atoms with Crippen LogP contribution in [0, 0.1) is 12.8 Å². The Kier molecular flexibility index (Phi) is 4.29. The molecule has 2 rings (SSSR count). The molecule has 1 aliphatic carbocycles. The fourth-order valence-electron chi connectivity index (χ4n) is 2.59. The second kappa shape index (κ2) is 5.95. The number of aryl methyl sites for hydroxylation is 1. The Balaban J connectivity index is 1.82. The van der Waals surface area contributed by atoms with Crippen LogP contribution in [0.4, 0.5) is 0 Å². The number of hydrogen-bond donors (Lipinski definition) is 0. The number of aromatic nitrogens is 1. The fraction of sp³-hybridized carbons (Fsp3) is 0.600. The molecule has 2 nitrogen and oxygen atoms in total. The first kappa shape index (κ1) is 12.3. The molecule has 17 heavy (non-hydrogen) atoms. The minimum atomic E-state index is 0.253. The van der Waals surface area contributed by atoms with Gasteiger partial charge in [0.2, 0.25) is 0 Å². The number of nitrogens with zero attached hydrogens (tertiary/aromatic N) is 1. The minimum Gasteiger partial charge on any atom is -0.294 e. The third kappa shape index (κ3) is 3.65. The molecular weight excluding hydrogens is 210 g/mol. The molecule has 1 fully saturated rings. The molecule has 0 amide bonds. The Labute approximate surface area is 103 Å². The Morgan fingerprint density at radius 1 is 1.29 bits per heavy atom. The number of ketones is 1. The molecular formula is C15H21NO. The highest BCUT2D eigenvalue weighted by molar-refractivity contribution is 5.95. The van der Waals surface area contributed by atoms with Crippen LogP contribution < -0.4 is 0 Å². The van der Waals surface area contributed by atoms with Gasteiger partial charge < -0.3 is 0 Å². The smallest absolute Gasteiger partial charge is 0.164 e. The molecule has 1 aliphatic rings. The lowest BCUT2D eigenvalue weighted by atomic mass is 9.85. The SMILES string of the molecule is Cc1ccc(C(=O)CCC2CCCCC2)cn1. The van der Waals surface area contributed by atoms with Gasteiger partial charge in [-0.1, -0.05) is 32.1 Å². The highest BCUT2D eigenvalue weighted by Crippen LogP contribution is 2.27. The maximum absolute atomic E-state index is 12.0. The fourth-order valence-corrected chi connectivity index (χ4v) is 2.59. The van der Waals surface area contributed by atoms with E-state index in [4.69, 9.17) is 0 Å². The van der Waals surface area contributed by atoms with Crippen LogP contribution in [-0.4, -0.2) is 10.8 Å². The van der Waals surface area contributed by atoms with Crippen LogP contribution >= 0.6 is 0 Å². The second-order valence-electron chi connectivity index (χ2n) is 5.15. The van der Waals surface area contributed by atoms with Gasteiger partial charge in [0.05, 0.1) is 0 Å². The van der Waals surface area contributed by atoms with Crippen LogP contribution in [0.3, 0.4) is 0 Å². The molecule has 0 unspecified atom stereocenters. The third-order valence-corrected chi connectivity index (χ3v) is 3.74. The topological polar surface area (TPSA) is 30.0 Å². The zero-order valence-corrected chi connectivity index (χ0v) is 10.6. The summed E-state index contributed by atoms with van der Waals surface area (Å²) in [5.41, 5.74) is 1.74. The number of carbonyl (C=O) groups is 1. The van der Waals surface area contributed by atoms with Gasteiger partial charge in [0, 0.05) is 23.9 Å². The number of pyridine rings is 1. The van der Waals surface area contributed by atoms with Crippen molar-refractivity contribution in [1.82, 2.24) is 4.98 Å². The van der Waals surface area contributed by atoms with Crippen LogP contribution in [0.1, 0.15) is 61.0 Å². The molecule has 0 bridgehead atoms. The van der Waals surface area contributed by atoms with Gasteiger partial charge in [0.25, 0.3) is 0 Å². The summed E-state index contributed by atoms with van der Waals surface area (Å²) >= 11 is 0. The van der Waals surface area contributed by atoms with Crippen LogP contribution in [0.5, 0.6) is 0 Å². The Bertz CT molecular complexity index is 363. The molecule has 0 atom stereocenters. The third-order valence-electron chi connectivity index (χ3n) is 3.74. The average molecular weight is 231 g/mol. The van der Waals surface area contributed by atoms with E-state index < -0.39 is 0 Å². The lowest BCUT2D eigenvalue weighted by Gasteiger charge is -2.20. The summed E-state index contributed by atoms with van der Waals surface area (Å²) in [6, 6.07) is 3.80. The minimum absolute atomic E-state index is 0.253. The van der Waals surface area contributed by atoms with Gasteiger partial charge >= 0.3 is 0 Å². The normalized spacial score (nSPS) is 17.0. The van der Waals surface area contributed by atoms with Gasteiger partial charge in [-0.2, -0.15) is 0 Å². The number of hydrogen-bond acceptors (Lipinski definition) is 2. The average Bonchev–Trinajstić information content (AvgIpc) is 2.38. The maximum Gasteiger partial charge on any atom is 0.164 e. The van der Waals surface area contributed by atoms with Gasteiger partial charge in [0.1, 0.15) is 0 Å². The van der Waals surface area contributed by atoms with Crippen molar-refractivity contribution in [2.75, 3.05) is 0 Å². The predicted octanol–water partition coefficient (Wildman–Crippen LogP) is 3.93. The first-order valence-corrected chi connectivity index (χ1v) is 6.71. The standard InChI is InChI=1S/C15H21NO/c1-12-7-9-14(11-16-12)15(17)10-8-13-5-3-2-4-6-13/h7,9,11,13H,2-6,8,10H2,1H3. The molecule has 0 aromatic carbocycles. The number of Topliss-reactive ketones (excluding diaryl/α,β-unsaturated/α-hetero) is 1. The van der Waals surface area contributed by atoms with E-state index >= 15 is 0 Å². The van der Waals surface area contributed by atoms with Gasteiger partial charge in [0.15, 0.2) is 5.78 Å². The van der Waals surface area contributed by atoms with Gasteiger partial charge in [-0.3, -0.25) is 9.78 Å². The molecule has 1 heterocycles. The Morgan fingerprint density at radius 2 is 2.06 bits per heavy atom. The molecule has 1 saturated carbocycles. The van der Waals surface area contributed by atoms with E-state index in [0.717, 1.165) is 23.6 Å². The molecule has 0 aliphatic heterocycles. The van der Waals surface area contributed by atoms with Crippen molar-refractivity contribution in [3.8, 4) is 0 Å². The number of rotatable bonds is 4. The van der Waals surface area contributed by atoms with Crippen LogP contribution in [-0.2, 0) is 0 Å². The monoisotopic (exact) mass is 231 g/mol. The summed E-state index contributed by atoms with van der Waals surface area (Å²) in [4.78, 5) is 16.1. The molecule has 92 valence electrons. The quantitative estimate of drug-likeness (QED) is 0.735. The maximum atomic E-state index is 12.0. The largest absolute Gasteiger partial charge is 0.294 e. The van der Waals surface area contributed by atoms with E-state index in [-0.39, 0.29) is 5.78 Å². The van der Waals surface area contributed by atoms with Crippen molar-refractivity contribution in [2.45, 2.75) is 51.9 Å². The second-order valence-corrected chi connectivity index (χ2v) is 5.15. The summed E-state index contributed by atoms with van der Waals surface area (Å²) in [5, 5.41) is 0. The summed E-state index contributed by atoms with van der Waals surface area (Å²) < 4.78 is 0. The number of carbonyl (C=O) groups excluding carboxylic acids is 1. The van der Waals surface area contributed by atoms with Gasteiger partial charge in [-0.25, -0.2) is 0 Å². The molecule has 0 N–H and O–H groups in total. The van der Waals surface area contributed by atoms with E-state index in [1.54, 1.807) is 6.20 Å². The Morgan fingerprint density at radius 3 is 2.71 bits per heavy atom. The summed E-state index contributed by atoms with van der Waals surface area (Å²) in [6.45, 7) is 1.94. The van der Waals surface area contributed by atoms with E-state index in [2.05, 4.69) is 4.98 Å². The van der Waals surface area contributed by atoms with Crippen molar-refractivity contribution in [3.63, 3.8) is 0 Å². The summed E-state index contributed by atoms with van der Waals surface area (Å²) in [7, 11) is 0. The summed E-state index contributed by atoms with van der Waals surface area (Å²) in [6.07, 6.45) is 10.2. The first-order chi connectivity index (χ1) is 8.25. The van der Waals surface area contributed by atoms with Gasteiger partial charge in [-0.15, -0.1) is 0 Å². The van der Waals surface area contributed by atoms with Crippen LogP contribution in [0.25, 0.3) is 0 Å². The van der Waals surface area contributed by atoms with E-state index in [1.165, 1.54) is 32.1 Å². The van der Waals surface area contributed by atoms with Crippen LogP contribution in [0.15, 0.2) is 18.3 Å². The Hall–Kier alpha value is -1.18. The first-order valence-electron chi connectivity index (χ1n) is 6.71. The van der Waals surface area contributed by atoms with E-state index in [1.807, 2.05) is 19.1 Å². The lowest BCUT2D eigenvalue weighted by molar-refractivity contribution is 0.0970. The van der Waals surface area contributed by atoms with Crippen molar-refractivity contribution in [1.29, 1.82) is 0 Å². The lowest BCUT2D eigenvalue weighted by Crippen LogP contribution is -2.09. The molecule has 0 radical (unpaired) electrons. The van der Waals surface area contributed by atoms with Crippen molar-refractivity contribution >= 4 is 5.78 Å². The molecule has 0 spiro atoms. The highest BCUT2D eigenvalue weighted by Gasteiger charge is 2.15. The van der Waals surface area contributed by atoms with Crippen LogP contribution in [0.2, 0.25) is 0 Å². The van der Waals surface area contributed by atoms with E-state index in [9.17, 15) is 4.79 Å². The predicted molar refractivity (Wildman–Crippen MR) is 69.1 cm³/mol. The van der Waals surface area contributed by atoms with Crippen molar-refractivity contribution < 1.29 is 4.79 Å². The molecule has 1 aromatic heterocycles. The molecule has 2 heteroatoms. The molecule has 1 aromatic rings. The summed E-state index contributed by atoms with van der Waals surface area (Å²) in [5.74, 6) is 1.04. The zero-order valence-electron chi connectivity index (χ0n) is 10.6. The van der Waals surface area contributed by atoms with Crippen molar-refractivity contribution in [3.05, 3.63) is 29.6 Å². The highest BCUT2D eigenvalue weighted by atomic mass is 16.1. The van der Waals surface area contributed by atoms with Gasteiger partial charge in [-0.05, 0) is 31.4 Å².